The van der Waals surface area contributed by atoms with Crippen molar-refractivity contribution in [2.45, 2.75) is 39.7 Å². The number of rotatable bonds is 3. The summed E-state index contributed by atoms with van der Waals surface area (Å²) in [7, 11) is 0. The van der Waals surface area contributed by atoms with E-state index in [4.69, 9.17) is 0 Å². The minimum absolute atomic E-state index is 0.0365. The minimum Gasteiger partial charge on any atom is -0.353 e. The summed E-state index contributed by atoms with van der Waals surface area (Å²) in [6, 6.07) is 9.97. The molecule has 0 spiro atoms. The van der Waals surface area contributed by atoms with Gasteiger partial charge in [-0.3, -0.25) is 9.59 Å². The first-order chi connectivity index (χ1) is 10.9. The van der Waals surface area contributed by atoms with Crippen LogP contribution in [0.2, 0.25) is 0 Å². The van der Waals surface area contributed by atoms with Gasteiger partial charge in [0.25, 0.3) is 0 Å². The molecule has 1 aliphatic heterocycles. The predicted molar refractivity (Wildman–Crippen MR) is 92.7 cm³/mol. The lowest BCUT2D eigenvalue weighted by Gasteiger charge is -2.33. The van der Waals surface area contributed by atoms with Crippen LogP contribution in [-0.2, 0) is 9.59 Å². The molecular formula is C19H26N2O2. The van der Waals surface area contributed by atoms with Crippen LogP contribution < -0.4 is 5.32 Å². The van der Waals surface area contributed by atoms with E-state index in [1.807, 2.05) is 62.1 Å². The van der Waals surface area contributed by atoms with Crippen LogP contribution >= 0.6 is 0 Å². The van der Waals surface area contributed by atoms with Crippen molar-refractivity contribution in [3.05, 3.63) is 42.0 Å². The van der Waals surface area contributed by atoms with E-state index < -0.39 is 0 Å². The third-order valence-electron chi connectivity index (χ3n) is 4.04. The first-order valence-corrected chi connectivity index (χ1v) is 8.19. The average molecular weight is 314 g/mol. The Bertz CT molecular complexity index is 565. The maximum Gasteiger partial charge on any atom is 0.246 e. The summed E-state index contributed by atoms with van der Waals surface area (Å²) in [4.78, 5) is 26.1. The monoisotopic (exact) mass is 314 g/mol. The Morgan fingerprint density at radius 3 is 2.30 bits per heavy atom. The lowest BCUT2D eigenvalue weighted by molar-refractivity contribution is -0.130. The van der Waals surface area contributed by atoms with E-state index >= 15 is 0 Å². The zero-order valence-corrected chi connectivity index (χ0v) is 14.2. The summed E-state index contributed by atoms with van der Waals surface area (Å²) in [6.07, 6.45) is 5.10. The lowest BCUT2D eigenvalue weighted by atomic mass is 9.94. The molecule has 1 saturated heterocycles. The van der Waals surface area contributed by atoms with Gasteiger partial charge in [0.2, 0.25) is 11.8 Å². The molecule has 1 aromatic rings. The summed E-state index contributed by atoms with van der Waals surface area (Å²) < 4.78 is 0. The largest absolute Gasteiger partial charge is 0.353 e. The number of nitrogens with one attached hydrogen (secondary N) is 1. The third kappa shape index (κ3) is 5.23. The number of hydrogen-bond acceptors (Lipinski definition) is 2. The summed E-state index contributed by atoms with van der Waals surface area (Å²) in [5, 5.41) is 3.08. The fourth-order valence-electron chi connectivity index (χ4n) is 2.48. The van der Waals surface area contributed by atoms with Crippen molar-refractivity contribution in [1.29, 1.82) is 0 Å². The Morgan fingerprint density at radius 1 is 1.13 bits per heavy atom. The van der Waals surface area contributed by atoms with Gasteiger partial charge in [-0.15, -0.1) is 0 Å². The van der Waals surface area contributed by atoms with Crippen molar-refractivity contribution >= 4 is 17.9 Å². The highest BCUT2D eigenvalue weighted by Crippen LogP contribution is 2.16. The summed E-state index contributed by atoms with van der Waals surface area (Å²) in [5.41, 5.74) is 0.652. The second-order valence-corrected chi connectivity index (χ2v) is 7.07. The second-order valence-electron chi connectivity index (χ2n) is 7.07. The van der Waals surface area contributed by atoms with Gasteiger partial charge in [-0.1, -0.05) is 51.1 Å². The van der Waals surface area contributed by atoms with Crippen molar-refractivity contribution in [1.82, 2.24) is 10.2 Å². The first kappa shape index (κ1) is 17.3. The molecule has 1 aromatic carbocycles. The Kier molecular flexibility index (Phi) is 5.59. The smallest absolute Gasteiger partial charge is 0.246 e. The van der Waals surface area contributed by atoms with E-state index in [0.29, 0.717) is 13.1 Å². The van der Waals surface area contributed by atoms with Gasteiger partial charge in [0.1, 0.15) is 0 Å². The van der Waals surface area contributed by atoms with Crippen LogP contribution in [-0.4, -0.2) is 35.8 Å². The molecule has 0 radical (unpaired) electrons. The van der Waals surface area contributed by atoms with Gasteiger partial charge in [0, 0.05) is 30.6 Å². The van der Waals surface area contributed by atoms with E-state index in [0.717, 1.165) is 18.4 Å². The summed E-state index contributed by atoms with van der Waals surface area (Å²) in [6.45, 7) is 7.11. The van der Waals surface area contributed by atoms with Crippen molar-refractivity contribution in [2.24, 2.45) is 5.41 Å². The van der Waals surface area contributed by atoms with Crippen molar-refractivity contribution in [3.8, 4) is 0 Å². The van der Waals surface area contributed by atoms with E-state index in [1.54, 1.807) is 6.08 Å². The third-order valence-corrected chi connectivity index (χ3v) is 4.04. The van der Waals surface area contributed by atoms with Crippen molar-refractivity contribution in [2.75, 3.05) is 13.1 Å². The number of hydrogen-bond donors (Lipinski definition) is 1. The normalized spacial score (nSPS) is 16.6. The molecule has 0 unspecified atom stereocenters. The topological polar surface area (TPSA) is 49.4 Å². The van der Waals surface area contributed by atoms with Crippen LogP contribution in [0.4, 0.5) is 0 Å². The molecule has 124 valence electrons. The Hall–Kier alpha value is -2.10. The van der Waals surface area contributed by atoms with E-state index in [2.05, 4.69) is 5.32 Å². The molecule has 4 heteroatoms. The van der Waals surface area contributed by atoms with Crippen LogP contribution in [0, 0.1) is 5.41 Å². The number of nitrogens with zero attached hydrogens (tertiary/aromatic N) is 1. The van der Waals surface area contributed by atoms with E-state index in [-0.39, 0.29) is 23.3 Å². The fourth-order valence-corrected chi connectivity index (χ4v) is 2.48. The molecule has 1 fully saturated rings. The number of carbonyl (C=O) groups is 2. The molecular weight excluding hydrogens is 288 g/mol. The molecule has 1 N–H and O–H groups in total. The van der Waals surface area contributed by atoms with Gasteiger partial charge in [0.15, 0.2) is 0 Å². The molecule has 4 nitrogen and oxygen atoms in total. The van der Waals surface area contributed by atoms with Gasteiger partial charge in [-0.05, 0) is 24.5 Å². The van der Waals surface area contributed by atoms with Crippen LogP contribution in [0.1, 0.15) is 39.2 Å². The molecule has 2 amide bonds. The van der Waals surface area contributed by atoms with Gasteiger partial charge in [-0.25, -0.2) is 0 Å². The molecule has 1 aliphatic rings. The maximum atomic E-state index is 12.2. The summed E-state index contributed by atoms with van der Waals surface area (Å²) >= 11 is 0. The predicted octanol–water partition coefficient (Wildman–Crippen LogP) is 2.85. The molecule has 2 rings (SSSR count). The molecule has 0 aromatic heterocycles. The number of likely N-dealkylation sites (tertiary alicyclic amines) is 1. The van der Waals surface area contributed by atoms with Gasteiger partial charge in [-0.2, -0.15) is 0 Å². The Labute approximate surface area is 138 Å². The zero-order chi connectivity index (χ0) is 16.9. The SMILES string of the molecule is CC(C)(C)C(=O)NC1CCN(C(=O)/C=C/c2ccccc2)CC1. The van der Waals surface area contributed by atoms with Crippen LogP contribution in [0.15, 0.2) is 36.4 Å². The quantitative estimate of drug-likeness (QED) is 0.872. The second kappa shape index (κ2) is 7.44. The van der Waals surface area contributed by atoms with Gasteiger partial charge < -0.3 is 10.2 Å². The molecule has 0 bridgehead atoms. The standard InChI is InChI=1S/C19H26N2O2/c1-19(2,3)18(23)20-16-11-13-21(14-12-16)17(22)10-9-15-7-5-4-6-8-15/h4-10,16H,11-14H2,1-3H3,(H,20,23)/b10-9+. The minimum atomic E-state index is -0.370. The van der Waals surface area contributed by atoms with Crippen molar-refractivity contribution < 1.29 is 9.59 Å². The zero-order valence-electron chi connectivity index (χ0n) is 14.2. The molecule has 0 atom stereocenters. The summed E-state index contributed by atoms with van der Waals surface area (Å²) in [5.74, 6) is 0.112. The van der Waals surface area contributed by atoms with Crippen LogP contribution in [0.25, 0.3) is 6.08 Å². The lowest BCUT2D eigenvalue weighted by Crippen LogP contribution is -2.48. The highest BCUT2D eigenvalue weighted by molar-refractivity contribution is 5.91. The fraction of sp³-hybridized carbons (Fsp3) is 0.474. The molecule has 23 heavy (non-hydrogen) atoms. The van der Waals surface area contributed by atoms with Crippen LogP contribution in [0.3, 0.4) is 0 Å². The molecule has 1 heterocycles. The van der Waals surface area contributed by atoms with E-state index in [1.165, 1.54) is 0 Å². The van der Waals surface area contributed by atoms with Crippen LogP contribution in [0.5, 0.6) is 0 Å². The Morgan fingerprint density at radius 2 is 1.74 bits per heavy atom. The van der Waals surface area contributed by atoms with Gasteiger partial charge >= 0.3 is 0 Å². The molecule has 0 aliphatic carbocycles. The van der Waals surface area contributed by atoms with Gasteiger partial charge in [0.05, 0.1) is 0 Å². The number of benzene rings is 1. The highest BCUT2D eigenvalue weighted by atomic mass is 16.2. The van der Waals surface area contributed by atoms with Crippen molar-refractivity contribution in [3.63, 3.8) is 0 Å². The average Bonchev–Trinajstić information content (AvgIpc) is 2.53. The Balaban J connectivity index is 1.81. The number of carbonyl (C=O) groups excluding carboxylic acids is 2. The first-order valence-electron chi connectivity index (χ1n) is 8.19. The number of amides is 2. The molecule has 0 saturated carbocycles. The maximum absolute atomic E-state index is 12.2. The number of piperidine rings is 1. The highest BCUT2D eigenvalue weighted by Gasteiger charge is 2.27. The van der Waals surface area contributed by atoms with E-state index in [9.17, 15) is 9.59 Å².